The zero-order valence-corrected chi connectivity index (χ0v) is 9.99. The molecule has 1 aromatic carbocycles. The summed E-state index contributed by atoms with van der Waals surface area (Å²) >= 11 is 0. The SMILES string of the molecule is Fc1ccccc1-c1[nH]ncc1N1CCNCC1. The number of piperazine rings is 1. The summed E-state index contributed by atoms with van der Waals surface area (Å²) in [5, 5.41) is 10.3. The number of benzene rings is 1. The highest BCUT2D eigenvalue weighted by molar-refractivity contribution is 5.75. The van der Waals surface area contributed by atoms with Gasteiger partial charge in [0.05, 0.1) is 17.6 Å². The fourth-order valence-electron chi connectivity index (χ4n) is 2.29. The highest BCUT2D eigenvalue weighted by Gasteiger charge is 2.18. The van der Waals surface area contributed by atoms with Crippen LogP contribution in [0, 0.1) is 5.82 Å². The lowest BCUT2D eigenvalue weighted by atomic mass is 10.1. The smallest absolute Gasteiger partial charge is 0.132 e. The van der Waals surface area contributed by atoms with Crippen molar-refractivity contribution >= 4 is 5.69 Å². The van der Waals surface area contributed by atoms with Crippen molar-refractivity contribution in [3.63, 3.8) is 0 Å². The Labute approximate surface area is 105 Å². The van der Waals surface area contributed by atoms with Gasteiger partial charge in [-0.25, -0.2) is 4.39 Å². The highest BCUT2D eigenvalue weighted by Crippen LogP contribution is 2.30. The predicted molar refractivity (Wildman–Crippen MR) is 69.1 cm³/mol. The van der Waals surface area contributed by atoms with Crippen LogP contribution in [0.3, 0.4) is 0 Å². The summed E-state index contributed by atoms with van der Waals surface area (Å²) in [6.07, 6.45) is 1.77. The Morgan fingerprint density at radius 3 is 2.72 bits per heavy atom. The van der Waals surface area contributed by atoms with Crippen LogP contribution >= 0.6 is 0 Å². The Morgan fingerprint density at radius 2 is 1.94 bits per heavy atom. The molecule has 18 heavy (non-hydrogen) atoms. The first-order valence-corrected chi connectivity index (χ1v) is 6.10. The van der Waals surface area contributed by atoms with Crippen LogP contribution in [0.5, 0.6) is 0 Å². The summed E-state index contributed by atoms with van der Waals surface area (Å²) in [6, 6.07) is 6.77. The third-order valence-electron chi connectivity index (χ3n) is 3.22. The van der Waals surface area contributed by atoms with E-state index in [1.807, 2.05) is 6.07 Å². The maximum Gasteiger partial charge on any atom is 0.132 e. The monoisotopic (exact) mass is 246 g/mol. The molecule has 94 valence electrons. The van der Waals surface area contributed by atoms with Gasteiger partial charge in [0.25, 0.3) is 0 Å². The molecule has 0 saturated carbocycles. The molecule has 1 fully saturated rings. The van der Waals surface area contributed by atoms with Gasteiger partial charge >= 0.3 is 0 Å². The van der Waals surface area contributed by atoms with Crippen molar-refractivity contribution in [2.75, 3.05) is 31.1 Å². The van der Waals surface area contributed by atoms with Crippen molar-refractivity contribution in [3.05, 3.63) is 36.3 Å². The van der Waals surface area contributed by atoms with Gasteiger partial charge in [0.2, 0.25) is 0 Å². The molecule has 0 aliphatic carbocycles. The standard InChI is InChI=1S/C13H15FN4/c14-11-4-2-1-3-10(11)13-12(9-16-17-13)18-7-5-15-6-8-18/h1-4,9,15H,5-8H2,(H,16,17). The fourth-order valence-corrected chi connectivity index (χ4v) is 2.29. The molecule has 2 heterocycles. The fraction of sp³-hybridized carbons (Fsp3) is 0.308. The van der Waals surface area contributed by atoms with E-state index in [-0.39, 0.29) is 5.82 Å². The second kappa shape index (κ2) is 4.78. The first kappa shape index (κ1) is 11.2. The van der Waals surface area contributed by atoms with Crippen molar-refractivity contribution in [2.45, 2.75) is 0 Å². The minimum Gasteiger partial charge on any atom is -0.366 e. The topological polar surface area (TPSA) is 44.0 Å². The molecule has 1 saturated heterocycles. The Balaban J connectivity index is 1.98. The van der Waals surface area contributed by atoms with Crippen LogP contribution < -0.4 is 10.2 Å². The minimum absolute atomic E-state index is 0.224. The lowest BCUT2D eigenvalue weighted by Crippen LogP contribution is -2.43. The third-order valence-corrected chi connectivity index (χ3v) is 3.22. The number of anilines is 1. The molecule has 2 aromatic rings. The van der Waals surface area contributed by atoms with Crippen LogP contribution in [0.2, 0.25) is 0 Å². The number of rotatable bonds is 2. The Morgan fingerprint density at radius 1 is 1.17 bits per heavy atom. The molecule has 4 nitrogen and oxygen atoms in total. The van der Waals surface area contributed by atoms with Gasteiger partial charge in [0.15, 0.2) is 0 Å². The van der Waals surface area contributed by atoms with Gasteiger partial charge in [-0.05, 0) is 12.1 Å². The number of nitrogens with one attached hydrogen (secondary N) is 2. The second-order valence-corrected chi connectivity index (χ2v) is 4.35. The quantitative estimate of drug-likeness (QED) is 0.846. The largest absolute Gasteiger partial charge is 0.366 e. The molecule has 2 N–H and O–H groups in total. The lowest BCUT2D eigenvalue weighted by molar-refractivity contribution is 0.589. The van der Waals surface area contributed by atoms with Gasteiger partial charge in [0, 0.05) is 31.7 Å². The molecule has 1 aromatic heterocycles. The summed E-state index contributed by atoms with van der Waals surface area (Å²) in [7, 11) is 0. The molecule has 0 spiro atoms. The van der Waals surface area contributed by atoms with E-state index >= 15 is 0 Å². The Hall–Kier alpha value is -1.88. The van der Waals surface area contributed by atoms with Gasteiger partial charge in [0.1, 0.15) is 5.82 Å². The number of halogens is 1. The molecule has 0 bridgehead atoms. The number of nitrogens with zero attached hydrogens (tertiary/aromatic N) is 2. The normalized spacial score (nSPS) is 15.9. The zero-order valence-electron chi connectivity index (χ0n) is 9.99. The van der Waals surface area contributed by atoms with E-state index in [4.69, 9.17) is 0 Å². The first-order valence-electron chi connectivity index (χ1n) is 6.10. The zero-order chi connectivity index (χ0) is 12.4. The molecular formula is C13H15FN4. The summed E-state index contributed by atoms with van der Waals surface area (Å²) in [4.78, 5) is 2.22. The average Bonchev–Trinajstić information content (AvgIpc) is 2.89. The number of aromatic amines is 1. The average molecular weight is 246 g/mol. The molecule has 0 atom stereocenters. The van der Waals surface area contributed by atoms with Crippen molar-refractivity contribution < 1.29 is 4.39 Å². The summed E-state index contributed by atoms with van der Waals surface area (Å²) in [5.41, 5.74) is 2.31. The van der Waals surface area contributed by atoms with E-state index in [0.29, 0.717) is 5.56 Å². The van der Waals surface area contributed by atoms with Crippen LogP contribution in [0.4, 0.5) is 10.1 Å². The van der Waals surface area contributed by atoms with Crippen molar-refractivity contribution in [3.8, 4) is 11.3 Å². The van der Waals surface area contributed by atoms with Crippen LogP contribution in [0.25, 0.3) is 11.3 Å². The van der Waals surface area contributed by atoms with Gasteiger partial charge in [-0.15, -0.1) is 0 Å². The summed E-state index contributed by atoms with van der Waals surface area (Å²) in [5.74, 6) is -0.224. The summed E-state index contributed by atoms with van der Waals surface area (Å²) < 4.78 is 13.8. The molecule has 1 aliphatic rings. The Bertz CT molecular complexity index is 531. The van der Waals surface area contributed by atoms with Crippen molar-refractivity contribution in [1.29, 1.82) is 0 Å². The molecule has 0 unspecified atom stereocenters. The van der Waals surface area contributed by atoms with Crippen LogP contribution in [-0.4, -0.2) is 36.4 Å². The summed E-state index contributed by atoms with van der Waals surface area (Å²) in [6.45, 7) is 3.73. The van der Waals surface area contributed by atoms with E-state index in [0.717, 1.165) is 37.6 Å². The molecule has 0 radical (unpaired) electrons. The molecular weight excluding hydrogens is 231 g/mol. The third kappa shape index (κ3) is 1.97. The van der Waals surface area contributed by atoms with E-state index in [9.17, 15) is 4.39 Å². The van der Waals surface area contributed by atoms with Gasteiger partial charge in [-0.2, -0.15) is 5.10 Å². The van der Waals surface area contributed by atoms with Gasteiger partial charge < -0.3 is 10.2 Å². The van der Waals surface area contributed by atoms with Crippen molar-refractivity contribution in [2.24, 2.45) is 0 Å². The van der Waals surface area contributed by atoms with E-state index < -0.39 is 0 Å². The van der Waals surface area contributed by atoms with Crippen molar-refractivity contribution in [1.82, 2.24) is 15.5 Å². The van der Waals surface area contributed by atoms with Crippen LogP contribution in [0.15, 0.2) is 30.5 Å². The van der Waals surface area contributed by atoms with Gasteiger partial charge in [-0.1, -0.05) is 12.1 Å². The maximum atomic E-state index is 13.8. The lowest BCUT2D eigenvalue weighted by Gasteiger charge is -2.29. The van der Waals surface area contributed by atoms with Gasteiger partial charge in [-0.3, -0.25) is 5.10 Å². The molecule has 5 heteroatoms. The first-order chi connectivity index (χ1) is 8.86. The number of H-pyrrole nitrogens is 1. The minimum atomic E-state index is -0.224. The molecule has 1 aliphatic heterocycles. The van der Waals surface area contributed by atoms with E-state index in [2.05, 4.69) is 20.4 Å². The van der Waals surface area contributed by atoms with E-state index in [1.54, 1.807) is 18.3 Å². The highest BCUT2D eigenvalue weighted by atomic mass is 19.1. The van der Waals surface area contributed by atoms with Crippen LogP contribution in [-0.2, 0) is 0 Å². The molecule has 0 amide bonds. The predicted octanol–water partition coefficient (Wildman–Crippen LogP) is 1.63. The van der Waals surface area contributed by atoms with Crippen LogP contribution in [0.1, 0.15) is 0 Å². The number of hydrogen-bond acceptors (Lipinski definition) is 3. The maximum absolute atomic E-state index is 13.8. The Kier molecular flexibility index (Phi) is 2.98. The number of hydrogen-bond donors (Lipinski definition) is 2. The number of aromatic nitrogens is 2. The molecule has 3 rings (SSSR count). The second-order valence-electron chi connectivity index (χ2n) is 4.35. The van der Waals surface area contributed by atoms with E-state index in [1.165, 1.54) is 6.07 Å².